The fraction of sp³-hybridized carbons (Fsp3) is 0.692. The highest BCUT2D eigenvalue weighted by Crippen LogP contribution is 2.14. The molecule has 2 heterocycles. The van der Waals surface area contributed by atoms with E-state index in [0.29, 0.717) is 13.1 Å². The van der Waals surface area contributed by atoms with E-state index in [1.54, 1.807) is 11.6 Å². The molecule has 5 nitrogen and oxygen atoms in total. The van der Waals surface area contributed by atoms with Gasteiger partial charge in [-0.1, -0.05) is 27.7 Å². The van der Waals surface area contributed by atoms with E-state index in [2.05, 4.69) is 0 Å². The standard InChI is InChI=1S/C9H13N3O2.2C2H6/c1-10-4-6-7(5-10)11(2)9(14)12(3)8(6)13;2*1-2/h4-5H2,1-3H3;2*1-2H3. The average Bonchev–Trinajstić information content (AvgIpc) is 2.81. The predicted molar refractivity (Wildman–Crippen MR) is 74.8 cm³/mol. The van der Waals surface area contributed by atoms with E-state index in [1.807, 2.05) is 39.6 Å². The van der Waals surface area contributed by atoms with Gasteiger partial charge in [-0.15, -0.1) is 0 Å². The van der Waals surface area contributed by atoms with Crippen LogP contribution in [0, 0.1) is 0 Å². The Balaban J connectivity index is 0.000000659. The fourth-order valence-corrected chi connectivity index (χ4v) is 1.90. The zero-order valence-electron chi connectivity index (χ0n) is 12.6. The van der Waals surface area contributed by atoms with Gasteiger partial charge in [-0.05, 0) is 7.05 Å². The van der Waals surface area contributed by atoms with Crippen LogP contribution in [0.25, 0.3) is 0 Å². The van der Waals surface area contributed by atoms with Gasteiger partial charge >= 0.3 is 5.69 Å². The Kier molecular flexibility index (Phi) is 6.62. The number of aromatic nitrogens is 2. The molecule has 1 aliphatic heterocycles. The van der Waals surface area contributed by atoms with Crippen LogP contribution >= 0.6 is 0 Å². The summed E-state index contributed by atoms with van der Waals surface area (Å²) in [7, 11) is 5.16. The Labute approximate surface area is 109 Å². The van der Waals surface area contributed by atoms with E-state index in [-0.39, 0.29) is 11.2 Å². The second kappa shape index (κ2) is 7.16. The van der Waals surface area contributed by atoms with Gasteiger partial charge in [0.05, 0.1) is 5.56 Å². The van der Waals surface area contributed by atoms with Crippen molar-refractivity contribution in [3.8, 4) is 0 Å². The maximum Gasteiger partial charge on any atom is 0.330 e. The van der Waals surface area contributed by atoms with Crippen LogP contribution in [0.15, 0.2) is 9.59 Å². The van der Waals surface area contributed by atoms with E-state index >= 15 is 0 Å². The maximum atomic E-state index is 11.7. The molecule has 0 aliphatic carbocycles. The Morgan fingerprint density at radius 3 is 1.83 bits per heavy atom. The van der Waals surface area contributed by atoms with Crippen molar-refractivity contribution in [3.05, 3.63) is 32.1 Å². The van der Waals surface area contributed by atoms with Crippen molar-refractivity contribution in [3.63, 3.8) is 0 Å². The summed E-state index contributed by atoms with van der Waals surface area (Å²) in [5, 5.41) is 0. The molecule has 0 aromatic carbocycles. The average molecular weight is 255 g/mol. The smallest absolute Gasteiger partial charge is 0.299 e. The molecule has 0 atom stereocenters. The summed E-state index contributed by atoms with van der Waals surface area (Å²) in [5.41, 5.74) is 1.19. The summed E-state index contributed by atoms with van der Waals surface area (Å²) in [6, 6.07) is 0. The van der Waals surface area contributed by atoms with Crippen molar-refractivity contribution in [1.29, 1.82) is 0 Å². The summed E-state index contributed by atoms with van der Waals surface area (Å²) in [6.07, 6.45) is 0. The highest BCUT2D eigenvalue weighted by atomic mass is 16.2. The third-order valence-corrected chi connectivity index (χ3v) is 2.74. The number of hydrogen-bond acceptors (Lipinski definition) is 3. The van der Waals surface area contributed by atoms with Gasteiger partial charge < -0.3 is 0 Å². The molecule has 1 aliphatic rings. The molecular weight excluding hydrogens is 230 g/mol. The highest BCUT2D eigenvalue weighted by Gasteiger charge is 2.23. The Hall–Kier alpha value is -1.36. The second-order valence-corrected chi connectivity index (χ2v) is 3.80. The molecule has 0 spiro atoms. The lowest BCUT2D eigenvalue weighted by molar-refractivity contribution is 0.348. The molecule has 0 bridgehead atoms. The van der Waals surface area contributed by atoms with Crippen molar-refractivity contribution in [1.82, 2.24) is 14.0 Å². The maximum absolute atomic E-state index is 11.7. The highest BCUT2D eigenvalue weighted by molar-refractivity contribution is 5.22. The molecular formula is C13H25N3O2. The largest absolute Gasteiger partial charge is 0.330 e. The van der Waals surface area contributed by atoms with E-state index in [0.717, 1.165) is 15.8 Å². The zero-order valence-corrected chi connectivity index (χ0v) is 12.6. The normalized spacial score (nSPS) is 13.1. The quantitative estimate of drug-likeness (QED) is 0.697. The second-order valence-electron chi connectivity index (χ2n) is 3.80. The molecule has 104 valence electrons. The first-order chi connectivity index (χ1) is 8.52. The number of rotatable bonds is 0. The van der Waals surface area contributed by atoms with Gasteiger partial charge in [-0.25, -0.2) is 4.79 Å². The topological polar surface area (TPSA) is 47.2 Å². The van der Waals surface area contributed by atoms with Gasteiger partial charge in [0.25, 0.3) is 5.56 Å². The monoisotopic (exact) mass is 255 g/mol. The predicted octanol–water partition coefficient (Wildman–Crippen LogP) is 1.08. The molecule has 0 fully saturated rings. The van der Waals surface area contributed by atoms with E-state index in [9.17, 15) is 9.59 Å². The van der Waals surface area contributed by atoms with Crippen LogP contribution in [-0.2, 0) is 27.2 Å². The third-order valence-electron chi connectivity index (χ3n) is 2.74. The number of fused-ring (bicyclic) bond motifs is 1. The third kappa shape index (κ3) is 2.90. The molecule has 0 unspecified atom stereocenters. The molecule has 0 radical (unpaired) electrons. The van der Waals surface area contributed by atoms with Crippen molar-refractivity contribution in [2.45, 2.75) is 40.8 Å². The first-order valence-electron chi connectivity index (χ1n) is 6.48. The molecule has 0 saturated heterocycles. The molecule has 5 heteroatoms. The number of nitrogens with zero attached hydrogens (tertiary/aromatic N) is 3. The molecule has 1 aromatic heterocycles. The first-order valence-corrected chi connectivity index (χ1v) is 6.48. The van der Waals surface area contributed by atoms with E-state index < -0.39 is 0 Å². The summed E-state index contributed by atoms with van der Waals surface area (Å²) in [4.78, 5) is 25.3. The van der Waals surface area contributed by atoms with E-state index in [1.165, 1.54) is 7.05 Å². The summed E-state index contributed by atoms with van der Waals surface area (Å²) in [6.45, 7) is 9.31. The van der Waals surface area contributed by atoms with Gasteiger partial charge in [0.2, 0.25) is 0 Å². The molecule has 18 heavy (non-hydrogen) atoms. The minimum Gasteiger partial charge on any atom is -0.299 e. The van der Waals surface area contributed by atoms with Gasteiger partial charge in [-0.2, -0.15) is 0 Å². The SMILES string of the molecule is CC.CC.CN1Cc2c(n(C)c(=O)n(C)c2=O)C1. The Morgan fingerprint density at radius 1 is 0.833 bits per heavy atom. The van der Waals surface area contributed by atoms with Crippen LogP contribution < -0.4 is 11.2 Å². The van der Waals surface area contributed by atoms with Crippen molar-refractivity contribution < 1.29 is 0 Å². The van der Waals surface area contributed by atoms with Crippen LogP contribution in [0.2, 0.25) is 0 Å². The minimum absolute atomic E-state index is 0.160. The molecule has 0 saturated carbocycles. The van der Waals surface area contributed by atoms with Crippen LogP contribution in [0.4, 0.5) is 0 Å². The van der Waals surface area contributed by atoms with Gasteiger partial charge in [0.1, 0.15) is 0 Å². The molecule has 2 rings (SSSR count). The summed E-state index contributed by atoms with van der Waals surface area (Å²) < 4.78 is 2.72. The minimum atomic E-state index is -0.246. The van der Waals surface area contributed by atoms with Crippen LogP contribution in [0.5, 0.6) is 0 Å². The van der Waals surface area contributed by atoms with Gasteiger partial charge in [0, 0.05) is 32.9 Å². The lowest BCUT2D eigenvalue weighted by Crippen LogP contribution is -2.39. The van der Waals surface area contributed by atoms with Gasteiger partial charge in [-0.3, -0.25) is 18.8 Å². The lowest BCUT2D eigenvalue weighted by Gasteiger charge is -2.07. The van der Waals surface area contributed by atoms with Gasteiger partial charge in [0.15, 0.2) is 0 Å². The summed E-state index contributed by atoms with van der Waals surface area (Å²) >= 11 is 0. The molecule has 0 amide bonds. The van der Waals surface area contributed by atoms with E-state index in [4.69, 9.17) is 0 Å². The van der Waals surface area contributed by atoms with Crippen molar-refractivity contribution in [2.75, 3.05) is 7.05 Å². The van der Waals surface area contributed by atoms with Crippen molar-refractivity contribution >= 4 is 0 Å². The Morgan fingerprint density at radius 2 is 1.33 bits per heavy atom. The Bertz CT molecular complexity index is 500. The van der Waals surface area contributed by atoms with Crippen LogP contribution in [0.1, 0.15) is 39.0 Å². The van der Waals surface area contributed by atoms with Crippen LogP contribution in [-0.4, -0.2) is 21.1 Å². The lowest BCUT2D eigenvalue weighted by atomic mass is 10.2. The van der Waals surface area contributed by atoms with Crippen molar-refractivity contribution in [2.24, 2.45) is 14.1 Å². The van der Waals surface area contributed by atoms with Crippen LogP contribution in [0.3, 0.4) is 0 Å². The number of hydrogen-bond donors (Lipinski definition) is 0. The molecule has 0 N–H and O–H groups in total. The first kappa shape index (κ1) is 16.6. The fourth-order valence-electron chi connectivity index (χ4n) is 1.90. The zero-order chi connectivity index (χ0) is 14.5. The summed E-state index contributed by atoms with van der Waals surface area (Å²) in [5.74, 6) is 0. The molecule has 1 aromatic rings.